The molecule has 1 atom stereocenters. The van der Waals surface area contributed by atoms with Crippen LogP contribution in [0.25, 0.3) is 5.69 Å². The van der Waals surface area contributed by atoms with Crippen LogP contribution in [0.1, 0.15) is 41.6 Å². The summed E-state index contributed by atoms with van der Waals surface area (Å²) in [5.74, 6) is -2.06. The second kappa shape index (κ2) is 6.90. The number of imidazole rings is 1. The number of rotatable bonds is 7. The summed E-state index contributed by atoms with van der Waals surface area (Å²) in [5.41, 5.74) is -0.522. The highest BCUT2D eigenvalue weighted by molar-refractivity contribution is 5.98. The third kappa shape index (κ3) is 3.50. The van der Waals surface area contributed by atoms with E-state index in [9.17, 15) is 19.8 Å². The van der Waals surface area contributed by atoms with E-state index in [1.807, 2.05) is 6.92 Å². The number of carboxylic acids is 1. The van der Waals surface area contributed by atoms with Crippen molar-refractivity contribution < 1.29 is 24.9 Å². The quantitative estimate of drug-likeness (QED) is 0.642. The van der Waals surface area contributed by atoms with Gasteiger partial charge in [-0.1, -0.05) is 6.92 Å². The Bertz CT molecular complexity index is 771. The number of pyridine rings is 1. The molecule has 1 unspecified atom stereocenters. The maximum atomic E-state index is 12.3. The monoisotopic (exact) mass is 333 g/mol. The number of ketones is 1. The van der Waals surface area contributed by atoms with Crippen molar-refractivity contribution in [2.24, 2.45) is 0 Å². The van der Waals surface area contributed by atoms with Crippen LogP contribution >= 0.6 is 0 Å². The van der Waals surface area contributed by atoms with Gasteiger partial charge < -0.3 is 19.9 Å². The fourth-order valence-corrected chi connectivity index (χ4v) is 2.26. The third-order valence-corrected chi connectivity index (χ3v) is 3.81. The van der Waals surface area contributed by atoms with Crippen LogP contribution in [0.15, 0.2) is 24.7 Å². The Morgan fingerprint density at radius 3 is 2.54 bits per heavy atom. The fraction of sp³-hybridized carbons (Fsp3) is 0.375. The fourth-order valence-electron chi connectivity index (χ4n) is 2.26. The van der Waals surface area contributed by atoms with Gasteiger partial charge in [0.1, 0.15) is 5.69 Å². The topological polar surface area (TPSA) is 126 Å². The zero-order valence-electron chi connectivity index (χ0n) is 13.4. The van der Waals surface area contributed by atoms with E-state index in [-0.39, 0.29) is 17.8 Å². The van der Waals surface area contributed by atoms with Crippen molar-refractivity contribution >= 4 is 11.8 Å². The number of hydrogen-bond donors (Lipinski definition) is 3. The molecule has 24 heavy (non-hydrogen) atoms. The summed E-state index contributed by atoms with van der Waals surface area (Å²) in [6.07, 6.45) is 2.62. The minimum absolute atomic E-state index is 0.00670. The predicted octanol–water partition coefficient (Wildman–Crippen LogP) is 0.867. The maximum absolute atomic E-state index is 12.3. The molecule has 8 heteroatoms. The number of carbonyl (C=O) groups is 2. The van der Waals surface area contributed by atoms with Crippen LogP contribution in [0.3, 0.4) is 0 Å². The van der Waals surface area contributed by atoms with Crippen LogP contribution in [-0.4, -0.2) is 47.2 Å². The molecule has 0 bridgehead atoms. The van der Waals surface area contributed by atoms with Crippen molar-refractivity contribution in [1.29, 1.82) is 0 Å². The summed E-state index contributed by atoms with van der Waals surface area (Å²) >= 11 is 0. The number of hydrogen-bond acceptors (Lipinski definition) is 6. The van der Waals surface area contributed by atoms with Crippen LogP contribution < -0.4 is 0 Å². The van der Waals surface area contributed by atoms with E-state index in [1.54, 1.807) is 23.2 Å². The Hall–Kier alpha value is -2.58. The van der Waals surface area contributed by atoms with Crippen LogP contribution in [0.2, 0.25) is 0 Å². The molecule has 0 aliphatic carbocycles. The second-order valence-corrected chi connectivity index (χ2v) is 5.53. The highest BCUT2D eigenvalue weighted by atomic mass is 16.4. The molecular weight excluding hydrogens is 314 g/mol. The van der Waals surface area contributed by atoms with E-state index in [4.69, 9.17) is 5.11 Å². The number of aliphatic hydroxyl groups excluding tert-OH is 1. The Morgan fingerprint density at radius 2 is 2.04 bits per heavy atom. The Labute approximate surface area is 138 Å². The first-order chi connectivity index (χ1) is 11.3. The minimum atomic E-state index is -2.13. The largest absolute Gasteiger partial charge is 0.479 e. The lowest BCUT2D eigenvalue weighted by Gasteiger charge is -2.20. The molecule has 0 spiro atoms. The normalized spacial score (nSPS) is 13.5. The van der Waals surface area contributed by atoms with Gasteiger partial charge in [-0.2, -0.15) is 0 Å². The molecule has 8 nitrogen and oxygen atoms in total. The van der Waals surface area contributed by atoms with Gasteiger partial charge in [-0.25, -0.2) is 14.8 Å². The van der Waals surface area contributed by atoms with Gasteiger partial charge in [-0.3, -0.25) is 4.79 Å². The van der Waals surface area contributed by atoms with Crippen molar-refractivity contribution in [2.45, 2.75) is 38.9 Å². The van der Waals surface area contributed by atoms with E-state index >= 15 is 0 Å². The lowest BCUT2D eigenvalue weighted by molar-refractivity contribution is -0.158. The van der Waals surface area contributed by atoms with Crippen LogP contribution in [0.4, 0.5) is 0 Å². The van der Waals surface area contributed by atoms with Crippen molar-refractivity contribution in [3.8, 4) is 5.69 Å². The highest BCUT2D eigenvalue weighted by Crippen LogP contribution is 2.20. The zero-order chi connectivity index (χ0) is 17.9. The summed E-state index contributed by atoms with van der Waals surface area (Å²) in [5, 5.41) is 28.5. The first-order valence-corrected chi connectivity index (χ1v) is 7.41. The molecule has 2 aromatic rings. The average Bonchev–Trinajstić information content (AvgIpc) is 3.00. The van der Waals surface area contributed by atoms with Crippen LogP contribution in [-0.2, 0) is 11.4 Å². The number of aromatic nitrogens is 3. The first kappa shape index (κ1) is 17.8. The van der Waals surface area contributed by atoms with Gasteiger partial charge in [-0.05, 0) is 25.5 Å². The van der Waals surface area contributed by atoms with Crippen molar-refractivity contribution in [3.05, 3.63) is 41.7 Å². The summed E-state index contributed by atoms with van der Waals surface area (Å²) in [6, 6.07) is 3.03. The van der Waals surface area contributed by atoms with Crippen LogP contribution in [0.5, 0.6) is 0 Å². The number of aliphatic carboxylic acids is 1. The van der Waals surface area contributed by atoms with Gasteiger partial charge >= 0.3 is 5.97 Å². The van der Waals surface area contributed by atoms with E-state index in [0.29, 0.717) is 5.69 Å². The number of aliphatic hydroxyl groups is 2. The SMILES string of the molecule is CCC(O)(CC(=O)c1ccc(-n2cnc(C)c2)c(CO)n1)C(=O)O. The Balaban J connectivity index is 2.32. The van der Waals surface area contributed by atoms with Crippen molar-refractivity contribution in [3.63, 3.8) is 0 Å². The van der Waals surface area contributed by atoms with E-state index in [2.05, 4.69) is 9.97 Å². The molecule has 0 saturated heterocycles. The molecule has 2 aromatic heterocycles. The molecule has 0 aromatic carbocycles. The lowest BCUT2D eigenvalue weighted by atomic mass is 9.93. The molecule has 2 heterocycles. The minimum Gasteiger partial charge on any atom is -0.479 e. The predicted molar refractivity (Wildman–Crippen MR) is 83.8 cm³/mol. The molecule has 128 valence electrons. The van der Waals surface area contributed by atoms with E-state index < -0.39 is 30.4 Å². The number of carbonyl (C=O) groups excluding carboxylic acids is 1. The molecule has 0 amide bonds. The zero-order valence-corrected chi connectivity index (χ0v) is 13.4. The molecule has 0 saturated carbocycles. The molecule has 3 N–H and O–H groups in total. The number of carboxylic acid groups (broad SMARTS) is 1. The Morgan fingerprint density at radius 1 is 1.33 bits per heavy atom. The standard InChI is InChI=1S/C16H19N3O5/c1-3-16(24,15(22)23)6-14(21)11-4-5-13(12(8-20)18-11)19-7-10(2)17-9-19/h4-5,7,9,20,24H,3,6,8H2,1-2H3,(H,22,23). The molecule has 0 aliphatic heterocycles. The van der Waals surface area contributed by atoms with Gasteiger partial charge in [0.15, 0.2) is 11.4 Å². The number of aryl methyl sites for hydroxylation is 1. The smallest absolute Gasteiger partial charge is 0.336 e. The Kier molecular flexibility index (Phi) is 5.10. The van der Waals surface area contributed by atoms with Gasteiger partial charge in [-0.15, -0.1) is 0 Å². The third-order valence-electron chi connectivity index (χ3n) is 3.81. The molecule has 0 fully saturated rings. The first-order valence-electron chi connectivity index (χ1n) is 7.41. The summed E-state index contributed by atoms with van der Waals surface area (Å²) in [4.78, 5) is 31.6. The van der Waals surface area contributed by atoms with Gasteiger partial charge in [0.25, 0.3) is 0 Å². The van der Waals surface area contributed by atoms with Crippen LogP contribution in [0, 0.1) is 6.92 Å². The van der Waals surface area contributed by atoms with Gasteiger partial charge in [0.2, 0.25) is 0 Å². The molecule has 0 radical (unpaired) electrons. The summed E-state index contributed by atoms with van der Waals surface area (Å²) in [7, 11) is 0. The average molecular weight is 333 g/mol. The molecule has 2 rings (SSSR count). The van der Waals surface area contributed by atoms with Crippen molar-refractivity contribution in [2.75, 3.05) is 0 Å². The van der Waals surface area contributed by atoms with Gasteiger partial charge in [0, 0.05) is 6.20 Å². The molecular formula is C16H19N3O5. The van der Waals surface area contributed by atoms with E-state index in [1.165, 1.54) is 13.0 Å². The maximum Gasteiger partial charge on any atom is 0.336 e. The van der Waals surface area contributed by atoms with E-state index in [0.717, 1.165) is 5.69 Å². The highest BCUT2D eigenvalue weighted by Gasteiger charge is 2.37. The van der Waals surface area contributed by atoms with Crippen molar-refractivity contribution in [1.82, 2.24) is 14.5 Å². The lowest BCUT2D eigenvalue weighted by Crippen LogP contribution is -2.40. The summed E-state index contributed by atoms with van der Waals surface area (Å²) in [6.45, 7) is 2.90. The second-order valence-electron chi connectivity index (χ2n) is 5.53. The number of nitrogens with zero attached hydrogens (tertiary/aromatic N) is 3. The summed E-state index contributed by atoms with van der Waals surface area (Å²) < 4.78 is 1.67. The number of Topliss-reactive ketones (excluding diaryl/α,β-unsaturated/α-hetero) is 1. The van der Waals surface area contributed by atoms with Gasteiger partial charge in [0.05, 0.1) is 36.4 Å². The molecule has 0 aliphatic rings.